The lowest BCUT2D eigenvalue weighted by Gasteiger charge is -2.34. The molecule has 2 saturated carbocycles. The number of hydrogen-bond acceptors (Lipinski definition) is 1. The minimum absolute atomic E-state index is 0.159. The Balaban J connectivity index is 1.67. The maximum Gasteiger partial charge on any atom is 0.226 e. The third kappa shape index (κ3) is 3.11. The molecular formula is C18H24ClNO. The average Bonchev–Trinajstić information content (AvgIpc) is 3.30. The number of rotatable bonds is 4. The van der Waals surface area contributed by atoms with E-state index in [1.807, 2.05) is 18.2 Å². The van der Waals surface area contributed by atoms with E-state index in [1.54, 1.807) is 0 Å². The molecule has 0 spiro atoms. The zero-order valence-corrected chi connectivity index (χ0v) is 13.5. The molecule has 21 heavy (non-hydrogen) atoms. The number of hydrogen-bond donors (Lipinski definition) is 0. The Hall–Kier alpha value is -1.02. The molecular weight excluding hydrogens is 282 g/mol. The predicted octanol–water partition coefficient (Wildman–Crippen LogP) is 4.62. The lowest BCUT2D eigenvalue weighted by Crippen LogP contribution is -2.42. The molecule has 1 aromatic carbocycles. The lowest BCUT2D eigenvalue weighted by atomic mass is 9.93. The second-order valence-electron chi connectivity index (χ2n) is 6.39. The molecule has 1 aromatic rings. The number of halogens is 1. The quantitative estimate of drug-likeness (QED) is 0.794. The summed E-state index contributed by atoms with van der Waals surface area (Å²) in [5.41, 5.74) is 1.15. The van der Waals surface area contributed by atoms with Crippen molar-refractivity contribution in [3.63, 3.8) is 0 Å². The van der Waals surface area contributed by atoms with Crippen molar-refractivity contribution in [3.05, 3.63) is 34.9 Å². The van der Waals surface area contributed by atoms with Crippen molar-refractivity contribution in [1.29, 1.82) is 0 Å². The molecule has 114 valence electrons. The largest absolute Gasteiger partial charge is 0.340 e. The molecule has 2 fully saturated rings. The molecule has 0 saturated heterocycles. The zero-order valence-electron chi connectivity index (χ0n) is 12.7. The second kappa shape index (κ2) is 6.39. The summed E-state index contributed by atoms with van der Waals surface area (Å²) >= 11 is 6.27. The molecule has 1 amide bonds. The minimum Gasteiger partial charge on any atom is -0.340 e. The molecule has 2 unspecified atom stereocenters. The van der Waals surface area contributed by atoms with Crippen LogP contribution in [0.4, 0.5) is 0 Å². The molecule has 2 aliphatic carbocycles. The monoisotopic (exact) mass is 305 g/mol. The van der Waals surface area contributed by atoms with Gasteiger partial charge in [0.15, 0.2) is 0 Å². The average molecular weight is 306 g/mol. The van der Waals surface area contributed by atoms with Gasteiger partial charge in [0, 0.05) is 23.5 Å². The molecule has 3 heteroatoms. The highest BCUT2D eigenvalue weighted by Gasteiger charge is 2.47. The van der Waals surface area contributed by atoms with Gasteiger partial charge in [0.1, 0.15) is 0 Å². The number of nitrogens with zero attached hydrogens (tertiary/aromatic N) is 1. The van der Waals surface area contributed by atoms with Crippen LogP contribution in [0.25, 0.3) is 0 Å². The molecule has 3 rings (SSSR count). The Morgan fingerprint density at radius 1 is 1.24 bits per heavy atom. The fraction of sp³-hybridized carbons (Fsp3) is 0.611. The van der Waals surface area contributed by atoms with Crippen LogP contribution in [-0.2, 0) is 4.79 Å². The van der Waals surface area contributed by atoms with E-state index in [-0.39, 0.29) is 5.92 Å². The van der Waals surface area contributed by atoms with Crippen molar-refractivity contribution in [1.82, 2.24) is 4.90 Å². The number of carbonyl (C=O) groups excluding carboxylic acids is 1. The van der Waals surface area contributed by atoms with Gasteiger partial charge >= 0.3 is 0 Å². The van der Waals surface area contributed by atoms with Crippen LogP contribution >= 0.6 is 11.6 Å². The van der Waals surface area contributed by atoms with Crippen LogP contribution in [-0.4, -0.2) is 23.4 Å². The Morgan fingerprint density at radius 3 is 2.62 bits per heavy atom. The van der Waals surface area contributed by atoms with Crippen LogP contribution < -0.4 is 0 Å². The second-order valence-corrected chi connectivity index (χ2v) is 6.79. The first kappa shape index (κ1) is 14.9. The predicted molar refractivity (Wildman–Crippen MR) is 86.6 cm³/mol. The van der Waals surface area contributed by atoms with Crippen molar-refractivity contribution >= 4 is 17.5 Å². The lowest BCUT2D eigenvalue weighted by molar-refractivity contribution is -0.135. The van der Waals surface area contributed by atoms with Gasteiger partial charge in [-0.3, -0.25) is 4.79 Å². The van der Waals surface area contributed by atoms with Crippen LogP contribution in [0, 0.1) is 5.92 Å². The van der Waals surface area contributed by atoms with Gasteiger partial charge in [-0.25, -0.2) is 0 Å². The highest BCUT2D eigenvalue weighted by atomic mass is 35.5. The van der Waals surface area contributed by atoms with Gasteiger partial charge in [-0.2, -0.15) is 0 Å². The maximum atomic E-state index is 12.8. The van der Waals surface area contributed by atoms with Crippen molar-refractivity contribution in [2.45, 2.75) is 57.4 Å². The van der Waals surface area contributed by atoms with E-state index in [2.05, 4.69) is 17.9 Å². The van der Waals surface area contributed by atoms with Crippen LogP contribution in [0.15, 0.2) is 24.3 Å². The van der Waals surface area contributed by atoms with Gasteiger partial charge in [-0.15, -0.1) is 0 Å². The first-order chi connectivity index (χ1) is 10.2. The van der Waals surface area contributed by atoms with E-state index in [1.165, 1.54) is 32.1 Å². The van der Waals surface area contributed by atoms with Gasteiger partial charge in [-0.1, -0.05) is 49.1 Å². The van der Waals surface area contributed by atoms with Gasteiger partial charge in [-0.05, 0) is 43.7 Å². The summed E-state index contributed by atoms with van der Waals surface area (Å²) in [6.45, 7) is 2.95. The summed E-state index contributed by atoms with van der Waals surface area (Å²) in [6, 6.07) is 8.43. The third-order valence-corrected chi connectivity index (χ3v) is 5.40. The molecule has 0 aliphatic heterocycles. The van der Waals surface area contributed by atoms with Gasteiger partial charge in [0.25, 0.3) is 0 Å². The van der Waals surface area contributed by atoms with Gasteiger partial charge in [0.2, 0.25) is 5.91 Å². The summed E-state index contributed by atoms with van der Waals surface area (Å²) in [5, 5.41) is 0.804. The van der Waals surface area contributed by atoms with Crippen molar-refractivity contribution < 1.29 is 4.79 Å². The minimum atomic E-state index is 0.159. The van der Waals surface area contributed by atoms with Crippen LogP contribution in [0.1, 0.15) is 56.9 Å². The van der Waals surface area contributed by atoms with E-state index < -0.39 is 0 Å². The molecule has 0 radical (unpaired) electrons. The maximum absolute atomic E-state index is 12.8. The zero-order chi connectivity index (χ0) is 14.8. The molecule has 2 aliphatic rings. The van der Waals surface area contributed by atoms with E-state index in [0.717, 1.165) is 23.6 Å². The Bertz CT molecular complexity index is 510. The fourth-order valence-electron chi connectivity index (χ4n) is 3.79. The van der Waals surface area contributed by atoms with Crippen molar-refractivity contribution in [2.24, 2.45) is 5.92 Å². The molecule has 0 N–H and O–H groups in total. The highest BCUT2D eigenvalue weighted by Crippen LogP contribution is 2.50. The number of carbonyl (C=O) groups is 1. The van der Waals surface area contributed by atoms with E-state index in [4.69, 9.17) is 11.6 Å². The standard InChI is InChI=1S/C18H24ClNO/c1-2-20(13-8-4-3-5-9-13)18(21)16-12-15(16)14-10-6-7-11-17(14)19/h6-7,10-11,13,15-16H,2-5,8-9,12H2,1H3. The fourth-order valence-corrected chi connectivity index (χ4v) is 4.06. The Labute approximate surface area is 132 Å². The molecule has 0 heterocycles. The smallest absolute Gasteiger partial charge is 0.226 e. The number of benzene rings is 1. The SMILES string of the molecule is CCN(C(=O)C1CC1c1ccccc1Cl)C1CCCCC1. The summed E-state index contributed by atoms with van der Waals surface area (Å²) in [6.07, 6.45) is 7.20. The molecule has 0 bridgehead atoms. The normalized spacial score (nSPS) is 25.6. The topological polar surface area (TPSA) is 20.3 Å². The van der Waals surface area contributed by atoms with E-state index in [0.29, 0.717) is 17.9 Å². The Kier molecular flexibility index (Phi) is 4.54. The van der Waals surface area contributed by atoms with Crippen molar-refractivity contribution in [2.75, 3.05) is 6.54 Å². The van der Waals surface area contributed by atoms with Crippen LogP contribution in [0.3, 0.4) is 0 Å². The summed E-state index contributed by atoms with van der Waals surface area (Å²) in [5.74, 6) is 0.852. The highest BCUT2D eigenvalue weighted by molar-refractivity contribution is 6.31. The van der Waals surface area contributed by atoms with Crippen LogP contribution in [0.2, 0.25) is 5.02 Å². The van der Waals surface area contributed by atoms with E-state index >= 15 is 0 Å². The molecule has 2 atom stereocenters. The van der Waals surface area contributed by atoms with Crippen molar-refractivity contribution in [3.8, 4) is 0 Å². The first-order valence-corrected chi connectivity index (χ1v) is 8.65. The molecule has 2 nitrogen and oxygen atoms in total. The van der Waals surface area contributed by atoms with Gasteiger partial charge in [0.05, 0.1) is 0 Å². The summed E-state index contributed by atoms with van der Waals surface area (Å²) < 4.78 is 0. The number of amides is 1. The third-order valence-electron chi connectivity index (χ3n) is 5.05. The molecule has 0 aromatic heterocycles. The first-order valence-electron chi connectivity index (χ1n) is 8.27. The Morgan fingerprint density at radius 2 is 1.95 bits per heavy atom. The van der Waals surface area contributed by atoms with Gasteiger partial charge < -0.3 is 4.90 Å². The van der Waals surface area contributed by atoms with E-state index in [9.17, 15) is 4.79 Å². The summed E-state index contributed by atoms with van der Waals surface area (Å²) in [7, 11) is 0. The van der Waals surface area contributed by atoms with Crippen LogP contribution in [0.5, 0.6) is 0 Å². The summed E-state index contributed by atoms with van der Waals surface area (Å²) in [4.78, 5) is 15.0.